The van der Waals surface area contributed by atoms with Crippen molar-refractivity contribution in [3.8, 4) is 5.75 Å². The van der Waals surface area contributed by atoms with E-state index in [0.29, 0.717) is 37.4 Å². The molecular weight excluding hydrogens is 270 g/mol. The van der Waals surface area contributed by atoms with Crippen LogP contribution in [0.25, 0.3) is 0 Å². The van der Waals surface area contributed by atoms with E-state index in [-0.39, 0.29) is 11.9 Å². The average Bonchev–Trinajstić information content (AvgIpc) is 2.50. The van der Waals surface area contributed by atoms with E-state index in [1.807, 2.05) is 12.1 Å². The van der Waals surface area contributed by atoms with Crippen molar-refractivity contribution < 1.29 is 14.3 Å². The third-order valence-corrected chi connectivity index (χ3v) is 2.64. The van der Waals surface area contributed by atoms with Gasteiger partial charge in [0.2, 0.25) is 5.91 Å². The summed E-state index contributed by atoms with van der Waals surface area (Å²) in [5.41, 5.74) is 0.586. The number of benzene rings is 1. The molecule has 0 aromatic heterocycles. The van der Waals surface area contributed by atoms with Gasteiger partial charge in [-0.15, -0.1) is 0 Å². The van der Waals surface area contributed by atoms with Crippen molar-refractivity contribution in [1.29, 1.82) is 0 Å². The molecule has 1 aromatic carbocycles. The molecular formula is C15H21N3O3. The number of urea groups is 1. The maximum Gasteiger partial charge on any atom is 0.319 e. The van der Waals surface area contributed by atoms with Crippen LogP contribution in [0.4, 0.5) is 10.5 Å². The lowest BCUT2D eigenvalue weighted by Crippen LogP contribution is -2.30. The molecule has 0 fully saturated rings. The van der Waals surface area contributed by atoms with Crippen LogP contribution in [0.1, 0.15) is 12.8 Å². The van der Waals surface area contributed by atoms with Crippen LogP contribution in [-0.2, 0) is 4.79 Å². The van der Waals surface area contributed by atoms with Gasteiger partial charge in [0.25, 0.3) is 0 Å². The van der Waals surface area contributed by atoms with E-state index in [1.165, 1.54) is 0 Å². The minimum atomic E-state index is -0.332. The fourth-order valence-electron chi connectivity index (χ4n) is 1.59. The van der Waals surface area contributed by atoms with Gasteiger partial charge in [0.05, 0.1) is 5.69 Å². The van der Waals surface area contributed by atoms with Crippen molar-refractivity contribution in [3.05, 3.63) is 36.9 Å². The summed E-state index contributed by atoms with van der Waals surface area (Å²) in [6, 6.07) is 6.82. The molecule has 21 heavy (non-hydrogen) atoms. The maximum atomic E-state index is 11.8. The lowest BCUT2D eigenvalue weighted by atomic mass is 10.3. The van der Waals surface area contributed by atoms with Gasteiger partial charge in [-0.25, -0.2) is 4.79 Å². The molecule has 6 heteroatoms. The highest BCUT2D eigenvalue weighted by Crippen LogP contribution is 2.23. The van der Waals surface area contributed by atoms with Gasteiger partial charge in [0.1, 0.15) is 12.4 Å². The highest BCUT2D eigenvalue weighted by atomic mass is 16.5. The van der Waals surface area contributed by atoms with Crippen molar-refractivity contribution in [2.75, 3.05) is 25.5 Å². The molecule has 3 N–H and O–H groups in total. The number of carbonyl (C=O) groups excluding carboxylic acids is 2. The number of hydrogen-bond acceptors (Lipinski definition) is 3. The molecule has 3 amide bonds. The molecule has 1 aromatic rings. The van der Waals surface area contributed by atoms with Gasteiger partial charge >= 0.3 is 6.03 Å². The molecule has 0 atom stereocenters. The van der Waals surface area contributed by atoms with Gasteiger partial charge < -0.3 is 20.7 Å². The van der Waals surface area contributed by atoms with Gasteiger partial charge in [-0.1, -0.05) is 24.8 Å². The molecule has 0 aliphatic heterocycles. The molecule has 1 rings (SSSR count). The van der Waals surface area contributed by atoms with Gasteiger partial charge in [-0.3, -0.25) is 4.79 Å². The van der Waals surface area contributed by atoms with Crippen LogP contribution in [0, 0.1) is 0 Å². The van der Waals surface area contributed by atoms with E-state index in [1.54, 1.807) is 25.3 Å². The molecule has 0 unspecified atom stereocenters. The zero-order valence-corrected chi connectivity index (χ0v) is 12.1. The van der Waals surface area contributed by atoms with E-state index in [2.05, 4.69) is 22.5 Å². The Morgan fingerprint density at radius 3 is 2.81 bits per heavy atom. The zero-order valence-electron chi connectivity index (χ0n) is 12.1. The highest BCUT2D eigenvalue weighted by Gasteiger charge is 2.06. The fourth-order valence-corrected chi connectivity index (χ4v) is 1.59. The molecule has 0 radical (unpaired) electrons. The molecule has 0 bridgehead atoms. The smallest absolute Gasteiger partial charge is 0.319 e. The predicted molar refractivity (Wildman–Crippen MR) is 82.5 cm³/mol. The number of para-hydroxylation sites is 2. The van der Waals surface area contributed by atoms with E-state index in [4.69, 9.17) is 4.74 Å². The van der Waals surface area contributed by atoms with Crippen LogP contribution in [0.2, 0.25) is 0 Å². The minimum Gasteiger partial charge on any atom is -0.487 e. The molecule has 114 valence electrons. The summed E-state index contributed by atoms with van der Waals surface area (Å²) in [6.45, 7) is 4.37. The van der Waals surface area contributed by atoms with Gasteiger partial charge in [-0.05, 0) is 18.6 Å². The first kappa shape index (κ1) is 16.6. The third kappa shape index (κ3) is 6.47. The number of nitrogens with one attached hydrogen (secondary N) is 3. The molecule has 6 nitrogen and oxygen atoms in total. The second kappa shape index (κ2) is 9.41. The van der Waals surface area contributed by atoms with Crippen molar-refractivity contribution in [2.24, 2.45) is 0 Å². The predicted octanol–water partition coefficient (Wildman–Crippen LogP) is 1.90. The van der Waals surface area contributed by atoms with E-state index < -0.39 is 0 Å². The van der Waals surface area contributed by atoms with Crippen LogP contribution in [0.3, 0.4) is 0 Å². The van der Waals surface area contributed by atoms with E-state index in [9.17, 15) is 9.59 Å². The van der Waals surface area contributed by atoms with Gasteiger partial charge in [0, 0.05) is 20.0 Å². The molecule has 0 heterocycles. The number of amides is 3. The van der Waals surface area contributed by atoms with Crippen LogP contribution >= 0.6 is 0 Å². The second-order valence-electron chi connectivity index (χ2n) is 4.25. The van der Waals surface area contributed by atoms with Crippen molar-refractivity contribution >= 4 is 17.6 Å². The van der Waals surface area contributed by atoms with Crippen LogP contribution < -0.4 is 20.7 Å². The van der Waals surface area contributed by atoms with Gasteiger partial charge in [-0.2, -0.15) is 0 Å². The number of anilines is 1. The maximum absolute atomic E-state index is 11.8. The number of carbonyl (C=O) groups is 2. The summed E-state index contributed by atoms with van der Waals surface area (Å²) in [5, 5.41) is 7.93. The molecule has 0 saturated carbocycles. The normalized spacial score (nSPS) is 9.57. The second-order valence-corrected chi connectivity index (χ2v) is 4.25. The largest absolute Gasteiger partial charge is 0.487 e. The number of hydrogen-bond donors (Lipinski definition) is 3. The molecule has 0 aliphatic carbocycles. The summed E-state index contributed by atoms with van der Waals surface area (Å²) < 4.78 is 5.45. The van der Waals surface area contributed by atoms with E-state index in [0.717, 1.165) is 0 Å². The summed E-state index contributed by atoms with van der Waals surface area (Å²) in [7, 11) is 1.59. The number of ether oxygens (including phenoxy) is 1. The first-order valence-corrected chi connectivity index (χ1v) is 6.75. The standard InChI is InChI=1S/C15H21N3O3/c1-3-11-21-13-8-5-4-7-12(13)18-15(20)17-10-6-9-14(19)16-2/h3-5,7-8H,1,6,9-11H2,2H3,(H,16,19)(H2,17,18,20). The van der Waals surface area contributed by atoms with Crippen LogP contribution in [-0.4, -0.2) is 32.1 Å². The lowest BCUT2D eigenvalue weighted by Gasteiger charge is -2.12. The van der Waals surface area contributed by atoms with Gasteiger partial charge in [0.15, 0.2) is 0 Å². The SMILES string of the molecule is C=CCOc1ccccc1NC(=O)NCCCC(=O)NC. The average molecular weight is 291 g/mol. The van der Waals surface area contributed by atoms with Crippen LogP contribution in [0.15, 0.2) is 36.9 Å². The summed E-state index contributed by atoms with van der Waals surface area (Å²) >= 11 is 0. The first-order valence-electron chi connectivity index (χ1n) is 6.75. The Morgan fingerprint density at radius 2 is 2.10 bits per heavy atom. The monoisotopic (exact) mass is 291 g/mol. The summed E-state index contributed by atoms with van der Waals surface area (Å²) in [6.07, 6.45) is 2.60. The Hall–Kier alpha value is -2.50. The fraction of sp³-hybridized carbons (Fsp3) is 0.333. The lowest BCUT2D eigenvalue weighted by molar-refractivity contribution is -0.120. The number of rotatable bonds is 8. The topological polar surface area (TPSA) is 79.5 Å². The Morgan fingerprint density at radius 1 is 1.33 bits per heavy atom. The Bertz CT molecular complexity index is 489. The quantitative estimate of drug-likeness (QED) is 0.505. The van der Waals surface area contributed by atoms with Crippen molar-refractivity contribution in [1.82, 2.24) is 10.6 Å². The molecule has 0 saturated heterocycles. The Kier molecular flexibility index (Phi) is 7.42. The first-order chi connectivity index (χ1) is 10.2. The minimum absolute atomic E-state index is 0.0413. The zero-order chi connectivity index (χ0) is 15.5. The highest BCUT2D eigenvalue weighted by molar-refractivity contribution is 5.90. The van der Waals surface area contributed by atoms with Crippen molar-refractivity contribution in [3.63, 3.8) is 0 Å². The van der Waals surface area contributed by atoms with E-state index >= 15 is 0 Å². The Balaban J connectivity index is 2.40. The molecule has 0 aliphatic rings. The van der Waals surface area contributed by atoms with Crippen molar-refractivity contribution in [2.45, 2.75) is 12.8 Å². The van der Waals surface area contributed by atoms with Crippen LogP contribution in [0.5, 0.6) is 5.75 Å². The third-order valence-electron chi connectivity index (χ3n) is 2.64. The Labute approximate surface area is 124 Å². The summed E-state index contributed by atoms with van der Waals surface area (Å²) in [5.74, 6) is 0.540. The summed E-state index contributed by atoms with van der Waals surface area (Å²) in [4.78, 5) is 22.8. The molecule has 0 spiro atoms.